The molecule has 1 atom stereocenters. The lowest BCUT2D eigenvalue weighted by Gasteiger charge is -2.34. The van der Waals surface area contributed by atoms with E-state index in [0.29, 0.717) is 46.7 Å². The van der Waals surface area contributed by atoms with Gasteiger partial charge in [0.2, 0.25) is 21.8 Å². The molecular weight excluding hydrogens is 577 g/mol. The van der Waals surface area contributed by atoms with Crippen LogP contribution < -0.4 is 19.1 Å². The Labute approximate surface area is 245 Å². The van der Waals surface area contributed by atoms with Crippen LogP contribution in [0.1, 0.15) is 51.0 Å². The summed E-state index contributed by atoms with van der Waals surface area (Å²) in [5.74, 6) is 0.113. The summed E-state index contributed by atoms with van der Waals surface area (Å²) in [6, 6.07) is 8.97. The topological polar surface area (TPSA) is 105 Å². The van der Waals surface area contributed by atoms with Crippen molar-refractivity contribution in [1.82, 2.24) is 10.2 Å². The van der Waals surface area contributed by atoms with Gasteiger partial charge in [-0.3, -0.25) is 13.9 Å². The van der Waals surface area contributed by atoms with Crippen LogP contribution in [0.15, 0.2) is 36.4 Å². The van der Waals surface area contributed by atoms with Crippen molar-refractivity contribution in [2.75, 3.05) is 30.3 Å². The number of hydrogen-bond acceptors (Lipinski definition) is 6. The third kappa shape index (κ3) is 7.53. The zero-order chi connectivity index (χ0) is 28.9. The highest BCUT2D eigenvalue weighted by atomic mass is 35.5. The van der Waals surface area contributed by atoms with Gasteiger partial charge in [-0.2, -0.15) is 0 Å². The molecule has 2 amide bonds. The number of nitrogens with one attached hydrogen (secondary N) is 1. The van der Waals surface area contributed by atoms with Gasteiger partial charge in [0.25, 0.3) is 0 Å². The van der Waals surface area contributed by atoms with E-state index < -0.39 is 28.5 Å². The van der Waals surface area contributed by atoms with Crippen molar-refractivity contribution in [3.8, 4) is 11.5 Å². The minimum absolute atomic E-state index is 0.0467. The Morgan fingerprint density at radius 2 is 1.70 bits per heavy atom. The first-order valence-corrected chi connectivity index (χ1v) is 16.1. The van der Waals surface area contributed by atoms with E-state index in [4.69, 9.17) is 32.7 Å². The van der Waals surface area contributed by atoms with Crippen LogP contribution in [0.4, 0.5) is 5.69 Å². The fourth-order valence-electron chi connectivity index (χ4n) is 5.10. The van der Waals surface area contributed by atoms with Crippen LogP contribution in [-0.4, -0.2) is 63.2 Å². The van der Waals surface area contributed by atoms with Crippen molar-refractivity contribution in [3.63, 3.8) is 0 Å². The third-order valence-electron chi connectivity index (χ3n) is 7.17. The Kier molecular flexibility index (Phi) is 10.1. The number of carbonyl (C=O) groups is 2. The Hall–Kier alpha value is -2.69. The van der Waals surface area contributed by atoms with Crippen molar-refractivity contribution in [2.45, 2.75) is 64.1 Å². The number of fused-ring (bicyclic) bond motifs is 1. The van der Waals surface area contributed by atoms with Gasteiger partial charge in [0.15, 0.2) is 11.5 Å². The molecule has 1 saturated carbocycles. The number of rotatable bonds is 10. The van der Waals surface area contributed by atoms with E-state index in [2.05, 4.69) is 5.32 Å². The smallest absolute Gasteiger partial charge is 0.244 e. The number of amides is 2. The maximum Gasteiger partial charge on any atom is 0.244 e. The Balaban J connectivity index is 1.64. The molecule has 1 aliphatic carbocycles. The number of hydrogen-bond donors (Lipinski definition) is 1. The van der Waals surface area contributed by atoms with Crippen molar-refractivity contribution in [2.24, 2.45) is 0 Å². The summed E-state index contributed by atoms with van der Waals surface area (Å²) in [5, 5.41) is 3.81. The van der Waals surface area contributed by atoms with Crippen molar-refractivity contribution >= 4 is 50.7 Å². The highest BCUT2D eigenvalue weighted by molar-refractivity contribution is 7.92. The zero-order valence-corrected chi connectivity index (χ0v) is 25.0. The van der Waals surface area contributed by atoms with Gasteiger partial charge in [-0.15, -0.1) is 0 Å². The highest BCUT2D eigenvalue weighted by Crippen LogP contribution is 2.35. The van der Waals surface area contributed by atoms with Gasteiger partial charge < -0.3 is 19.7 Å². The Bertz CT molecular complexity index is 1330. The number of benzene rings is 2. The lowest BCUT2D eigenvalue weighted by Crippen LogP contribution is -2.53. The third-order valence-corrected chi connectivity index (χ3v) is 9.05. The van der Waals surface area contributed by atoms with E-state index >= 15 is 0 Å². The molecule has 2 aromatic rings. The van der Waals surface area contributed by atoms with E-state index in [-0.39, 0.29) is 24.2 Å². The molecular formula is C28H35Cl2N3O6S. The molecule has 0 spiro atoms. The van der Waals surface area contributed by atoms with E-state index in [1.54, 1.807) is 36.4 Å². The lowest BCUT2D eigenvalue weighted by molar-refractivity contribution is -0.140. The predicted molar refractivity (Wildman–Crippen MR) is 156 cm³/mol. The number of carbonyl (C=O) groups excluding carboxylic acids is 2. The number of nitrogens with zero attached hydrogens (tertiary/aromatic N) is 2. The molecule has 2 aromatic carbocycles. The van der Waals surface area contributed by atoms with Crippen LogP contribution in [-0.2, 0) is 26.2 Å². The second-order valence-corrected chi connectivity index (χ2v) is 12.9. The minimum Gasteiger partial charge on any atom is -0.486 e. The maximum atomic E-state index is 13.9. The molecule has 1 heterocycles. The number of sulfonamides is 1. The first-order valence-electron chi connectivity index (χ1n) is 13.5. The Morgan fingerprint density at radius 3 is 2.35 bits per heavy atom. The predicted octanol–water partition coefficient (Wildman–Crippen LogP) is 4.79. The molecule has 9 nitrogen and oxygen atoms in total. The van der Waals surface area contributed by atoms with Crippen LogP contribution in [0, 0.1) is 0 Å². The quantitative estimate of drug-likeness (QED) is 0.414. The second-order valence-electron chi connectivity index (χ2n) is 10.1. The standard InChI is InChI=1S/C28H35Cl2N3O6S/c1-3-24(28(35)31-20-7-5-4-6-8-20)32(17-19-9-11-22(29)23(30)15-19)27(34)18-33(40(2,36)37)21-10-12-25-26(16-21)39-14-13-38-25/h9-12,15-16,20,24H,3-8,13-14,17-18H2,1-2H3,(H,31,35)/t24-/m1/s1. The molecule has 0 bridgehead atoms. The molecule has 1 N–H and O–H groups in total. The molecule has 12 heteroatoms. The van der Waals surface area contributed by atoms with Crippen molar-refractivity contribution in [3.05, 3.63) is 52.0 Å². The number of anilines is 1. The van der Waals surface area contributed by atoms with Crippen LogP contribution in [0.2, 0.25) is 10.0 Å². The first-order chi connectivity index (χ1) is 19.1. The fourth-order valence-corrected chi connectivity index (χ4v) is 6.26. The normalized spacial score (nSPS) is 16.2. The highest BCUT2D eigenvalue weighted by Gasteiger charge is 2.33. The maximum absolute atomic E-state index is 13.9. The molecule has 4 rings (SSSR count). The zero-order valence-electron chi connectivity index (χ0n) is 22.7. The minimum atomic E-state index is -3.88. The van der Waals surface area contributed by atoms with Gasteiger partial charge in [0.1, 0.15) is 25.8 Å². The molecule has 0 saturated heterocycles. The average Bonchev–Trinajstić information content (AvgIpc) is 2.93. The van der Waals surface area contributed by atoms with Crippen molar-refractivity contribution in [1.29, 1.82) is 0 Å². The molecule has 218 valence electrons. The van der Waals surface area contributed by atoms with Gasteiger partial charge in [-0.25, -0.2) is 8.42 Å². The largest absolute Gasteiger partial charge is 0.486 e. The van der Waals surface area contributed by atoms with Crippen LogP contribution in [0.3, 0.4) is 0 Å². The van der Waals surface area contributed by atoms with E-state index in [1.165, 1.54) is 4.90 Å². The fraction of sp³-hybridized carbons (Fsp3) is 0.500. The van der Waals surface area contributed by atoms with Gasteiger partial charge >= 0.3 is 0 Å². The molecule has 1 fully saturated rings. The monoisotopic (exact) mass is 611 g/mol. The molecule has 0 unspecified atom stereocenters. The van der Waals surface area contributed by atoms with Crippen LogP contribution in [0.5, 0.6) is 11.5 Å². The Morgan fingerprint density at radius 1 is 1.00 bits per heavy atom. The summed E-state index contributed by atoms with van der Waals surface area (Å²) in [6.07, 6.45) is 6.41. The van der Waals surface area contributed by atoms with Crippen LogP contribution >= 0.6 is 23.2 Å². The molecule has 2 aliphatic rings. The molecule has 0 radical (unpaired) electrons. The van der Waals surface area contributed by atoms with E-state index in [9.17, 15) is 18.0 Å². The van der Waals surface area contributed by atoms with E-state index in [1.807, 2.05) is 6.92 Å². The number of halogens is 2. The number of ether oxygens (including phenoxy) is 2. The summed E-state index contributed by atoms with van der Waals surface area (Å²) in [7, 11) is -3.88. The first kappa shape index (κ1) is 30.3. The summed E-state index contributed by atoms with van der Waals surface area (Å²) in [6.45, 7) is 2.10. The molecule has 40 heavy (non-hydrogen) atoms. The molecule has 0 aromatic heterocycles. The van der Waals surface area contributed by atoms with Gasteiger partial charge in [-0.05, 0) is 49.1 Å². The van der Waals surface area contributed by atoms with E-state index in [0.717, 1.165) is 42.7 Å². The molecule has 1 aliphatic heterocycles. The summed E-state index contributed by atoms with van der Waals surface area (Å²) >= 11 is 12.3. The lowest BCUT2D eigenvalue weighted by atomic mass is 9.95. The summed E-state index contributed by atoms with van der Waals surface area (Å²) < 4.78 is 38.0. The van der Waals surface area contributed by atoms with Crippen molar-refractivity contribution < 1.29 is 27.5 Å². The summed E-state index contributed by atoms with van der Waals surface area (Å²) in [5.41, 5.74) is 0.922. The van der Waals surface area contributed by atoms with Gasteiger partial charge in [-0.1, -0.05) is 55.5 Å². The van der Waals surface area contributed by atoms with Gasteiger partial charge in [0.05, 0.1) is 22.0 Å². The van der Waals surface area contributed by atoms with Gasteiger partial charge in [0, 0.05) is 18.7 Å². The average molecular weight is 613 g/mol. The summed E-state index contributed by atoms with van der Waals surface area (Å²) in [4.78, 5) is 28.9. The SMILES string of the molecule is CC[C@H](C(=O)NC1CCCCC1)N(Cc1ccc(Cl)c(Cl)c1)C(=O)CN(c1ccc2c(c1)OCCO2)S(C)(=O)=O. The second kappa shape index (κ2) is 13.3. The van der Waals surface area contributed by atoms with Crippen LogP contribution in [0.25, 0.3) is 0 Å².